The highest BCUT2D eigenvalue weighted by molar-refractivity contribution is 6.31. The molecule has 0 atom stereocenters. The van der Waals surface area contributed by atoms with Crippen molar-refractivity contribution in [2.75, 3.05) is 6.54 Å². The van der Waals surface area contributed by atoms with E-state index in [1.54, 1.807) is 16.8 Å². The Kier molecular flexibility index (Phi) is 5.15. The van der Waals surface area contributed by atoms with Crippen molar-refractivity contribution in [1.29, 1.82) is 0 Å². The molecule has 0 aliphatic heterocycles. The van der Waals surface area contributed by atoms with Crippen molar-refractivity contribution < 1.29 is 4.39 Å². The molecule has 0 bridgehead atoms. The number of halogens is 2. The SMILES string of the molecule is CC(C)CNCc1ccn(Cc2c(F)cccc2Cl)n1. The van der Waals surface area contributed by atoms with E-state index in [1.807, 2.05) is 12.3 Å². The van der Waals surface area contributed by atoms with Gasteiger partial charge in [-0.15, -0.1) is 0 Å². The summed E-state index contributed by atoms with van der Waals surface area (Å²) in [7, 11) is 0. The highest BCUT2D eigenvalue weighted by Crippen LogP contribution is 2.19. The molecule has 20 heavy (non-hydrogen) atoms. The maximum absolute atomic E-state index is 13.7. The maximum atomic E-state index is 13.7. The van der Waals surface area contributed by atoms with Crippen molar-refractivity contribution in [3.05, 3.63) is 52.6 Å². The molecule has 3 nitrogen and oxygen atoms in total. The topological polar surface area (TPSA) is 29.9 Å². The Morgan fingerprint density at radius 1 is 1.35 bits per heavy atom. The Hall–Kier alpha value is -1.39. The number of hydrogen-bond acceptors (Lipinski definition) is 2. The predicted octanol–water partition coefficient (Wildman–Crippen LogP) is 3.47. The van der Waals surface area contributed by atoms with Gasteiger partial charge in [-0.2, -0.15) is 5.10 Å². The quantitative estimate of drug-likeness (QED) is 0.884. The van der Waals surface area contributed by atoms with Crippen molar-refractivity contribution in [2.45, 2.75) is 26.9 Å². The van der Waals surface area contributed by atoms with Crippen LogP contribution in [0.25, 0.3) is 0 Å². The molecule has 2 aromatic rings. The first-order chi connectivity index (χ1) is 9.56. The molecule has 0 fully saturated rings. The molecule has 1 aromatic heterocycles. The lowest BCUT2D eigenvalue weighted by molar-refractivity contribution is 0.540. The third-order valence-electron chi connectivity index (χ3n) is 2.94. The van der Waals surface area contributed by atoms with Gasteiger partial charge in [0.1, 0.15) is 5.82 Å². The van der Waals surface area contributed by atoms with Gasteiger partial charge in [0.25, 0.3) is 0 Å². The molecule has 1 aromatic carbocycles. The summed E-state index contributed by atoms with van der Waals surface area (Å²) in [6.07, 6.45) is 1.84. The van der Waals surface area contributed by atoms with Crippen LogP contribution in [0.2, 0.25) is 5.02 Å². The van der Waals surface area contributed by atoms with Crippen LogP contribution in [0.3, 0.4) is 0 Å². The fraction of sp³-hybridized carbons (Fsp3) is 0.400. The second-order valence-corrected chi connectivity index (χ2v) is 5.64. The standard InChI is InChI=1S/C15H19ClFN3/c1-11(2)8-18-9-12-6-7-20(19-12)10-13-14(16)4-3-5-15(13)17/h3-7,11,18H,8-10H2,1-2H3. The van der Waals surface area contributed by atoms with Crippen molar-refractivity contribution in [3.63, 3.8) is 0 Å². The molecule has 0 amide bonds. The zero-order valence-electron chi connectivity index (χ0n) is 11.7. The minimum atomic E-state index is -0.299. The first-order valence-electron chi connectivity index (χ1n) is 6.72. The maximum Gasteiger partial charge on any atom is 0.129 e. The number of nitrogens with one attached hydrogen (secondary N) is 1. The van der Waals surface area contributed by atoms with Crippen LogP contribution in [0.5, 0.6) is 0 Å². The summed E-state index contributed by atoms with van der Waals surface area (Å²) < 4.78 is 15.4. The van der Waals surface area contributed by atoms with Gasteiger partial charge in [0.15, 0.2) is 0 Å². The molecule has 0 aliphatic rings. The highest BCUT2D eigenvalue weighted by Gasteiger charge is 2.08. The van der Waals surface area contributed by atoms with E-state index in [-0.39, 0.29) is 5.82 Å². The van der Waals surface area contributed by atoms with Crippen molar-refractivity contribution in [2.24, 2.45) is 5.92 Å². The summed E-state index contributed by atoms with van der Waals surface area (Å²) in [5.41, 5.74) is 1.41. The highest BCUT2D eigenvalue weighted by atomic mass is 35.5. The van der Waals surface area contributed by atoms with E-state index >= 15 is 0 Å². The van der Waals surface area contributed by atoms with Crippen LogP contribution in [0.4, 0.5) is 4.39 Å². The van der Waals surface area contributed by atoms with Crippen molar-refractivity contribution in [3.8, 4) is 0 Å². The molecule has 5 heteroatoms. The fourth-order valence-electron chi connectivity index (χ4n) is 1.92. The lowest BCUT2D eigenvalue weighted by Gasteiger charge is -2.07. The van der Waals surface area contributed by atoms with Gasteiger partial charge < -0.3 is 5.32 Å². The minimum absolute atomic E-state index is 0.299. The number of aromatic nitrogens is 2. The summed E-state index contributed by atoms with van der Waals surface area (Å²) in [6.45, 7) is 6.33. The molecule has 1 N–H and O–H groups in total. The molecule has 108 valence electrons. The number of rotatable bonds is 6. The molecule has 0 radical (unpaired) electrons. The van der Waals surface area contributed by atoms with Crippen molar-refractivity contribution in [1.82, 2.24) is 15.1 Å². The third-order valence-corrected chi connectivity index (χ3v) is 3.29. The number of nitrogens with zero attached hydrogens (tertiary/aromatic N) is 2. The molecular formula is C15H19ClFN3. The van der Waals surface area contributed by atoms with Crippen LogP contribution < -0.4 is 5.32 Å². The Morgan fingerprint density at radius 2 is 2.15 bits per heavy atom. The van der Waals surface area contributed by atoms with Gasteiger partial charge in [-0.3, -0.25) is 4.68 Å². The van der Waals surface area contributed by atoms with Gasteiger partial charge in [0.2, 0.25) is 0 Å². The van der Waals surface area contributed by atoms with Gasteiger partial charge in [-0.05, 0) is 30.7 Å². The molecule has 0 unspecified atom stereocenters. The van der Waals surface area contributed by atoms with Crippen LogP contribution in [0.15, 0.2) is 30.5 Å². The van der Waals surface area contributed by atoms with Gasteiger partial charge in [-0.25, -0.2) is 4.39 Å². The first-order valence-corrected chi connectivity index (χ1v) is 7.10. The Balaban J connectivity index is 1.99. The normalized spacial score (nSPS) is 11.2. The van der Waals surface area contributed by atoms with Crippen LogP contribution in [-0.4, -0.2) is 16.3 Å². The first kappa shape index (κ1) is 15.0. The molecule has 1 heterocycles. The van der Waals surface area contributed by atoms with Gasteiger partial charge in [0.05, 0.1) is 12.2 Å². The number of hydrogen-bond donors (Lipinski definition) is 1. The van der Waals surface area contributed by atoms with E-state index in [0.717, 1.165) is 18.8 Å². The third kappa shape index (κ3) is 4.05. The van der Waals surface area contributed by atoms with E-state index < -0.39 is 0 Å². The van der Waals surface area contributed by atoms with Gasteiger partial charge >= 0.3 is 0 Å². The Labute approximate surface area is 123 Å². The smallest absolute Gasteiger partial charge is 0.129 e. The van der Waals surface area contributed by atoms with Gasteiger partial charge in [0, 0.05) is 23.3 Å². The Bertz CT molecular complexity index is 546. The summed E-state index contributed by atoms with van der Waals surface area (Å²) in [4.78, 5) is 0. The second kappa shape index (κ2) is 6.86. The summed E-state index contributed by atoms with van der Waals surface area (Å²) in [5.74, 6) is 0.307. The molecule has 0 saturated heterocycles. The lowest BCUT2D eigenvalue weighted by atomic mass is 10.2. The fourth-order valence-corrected chi connectivity index (χ4v) is 2.14. The van der Waals surface area contributed by atoms with E-state index in [4.69, 9.17) is 11.6 Å². The minimum Gasteiger partial charge on any atom is -0.311 e. The monoisotopic (exact) mass is 295 g/mol. The molecule has 0 saturated carbocycles. The zero-order chi connectivity index (χ0) is 14.5. The predicted molar refractivity (Wildman–Crippen MR) is 79.3 cm³/mol. The van der Waals surface area contributed by atoms with Gasteiger partial charge in [-0.1, -0.05) is 31.5 Å². The zero-order valence-corrected chi connectivity index (χ0v) is 12.5. The molecule has 0 spiro atoms. The van der Waals surface area contributed by atoms with Crippen LogP contribution in [-0.2, 0) is 13.1 Å². The van der Waals surface area contributed by atoms with E-state index in [0.29, 0.717) is 23.0 Å². The lowest BCUT2D eigenvalue weighted by Crippen LogP contribution is -2.19. The Morgan fingerprint density at radius 3 is 2.85 bits per heavy atom. The number of benzene rings is 1. The molecular weight excluding hydrogens is 277 g/mol. The molecule has 2 rings (SSSR count). The summed E-state index contributed by atoms with van der Waals surface area (Å²) in [6, 6.07) is 6.64. The summed E-state index contributed by atoms with van der Waals surface area (Å²) in [5, 5.41) is 8.17. The average Bonchev–Trinajstić information content (AvgIpc) is 2.81. The largest absolute Gasteiger partial charge is 0.311 e. The van der Waals surface area contributed by atoms with Crippen molar-refractivity contribution >= 4 is 11.6 Å². The van der Waals surface area contributed by atoms with E-state index in [2.05, 4.69) is 24.3 Å². The average molecular weight is 296 g/mol. The second-order valence-electron chi connectivity index (χ2n) is 5.23. The van der Waals surface area contributed by atoms with Crippen LogP contribution >= 0.6 is 11.6 Å². The summed E-state index contributed by atoms with van der Waals surface area (Å²) >= 11 is 6.01. The van der Waals surface area contributed by atoms with Crippen LogP contribution in [0, 0.1) is 11.7 Å². The van der Waals surface area contributed by atoms with Crippen LogP contribution in [0.1, 0.15) is 25.1 Å². The van der Waals surface area contributed by atoms with E-state index in [9.17, 15) is 4.39 Å². The molecule has 0 aliphatic carbocycles. The van der Waals surface area contributed by atoms with E-state index in [1.165, 1.54) is 6.07 Å².